The maximum Gasteiger partial charge on any atom is 0.280 e. The van der Waals surface area contributed by atoms with Crippen LogP contribution in [0.2, 0.25) is 0 Å². The lowest BCUT2D eigenvalue weighted by Gasteiger charge is -2.12. The van der Waals surface area contributed by atoms with Crippen LogP contribution >= 0.6 is 11.3 Å². The van der Waals surface area contributed by atoms with Gasteiger partial charge in [-0.1, -0.05) is 28.6 Å². The Morgan fingerprint density at radius 2 is 1.91 bits per heavy atom. The molecule has 1 N–H and O–H groups in total. The monoisotopic (exact) mass is 507 g/mol. The van der Waals surface area contributed by atoms with Crippen molar-refractivity contribution in [2.45, 2.75) is 68.0 Å². The molecule has 2 saturated carbocycles. The van der Waals surface area contributed by atoms with Crippen LogP contribution in [0.15, 0.2) is 40.5 Å². The highest BCUT2D eigenvalue weighted by Gasteiger charge is 2.37. The third kappa shape index (κ3) is 6.01. The van der Waals surface area contributed by atoms with Crippen molar-refractivity contribution >= 4 is 37.9 Å². The number of ether oxygens (including phenoxy) is 2. The molecule has 1 aromatic heterocycles. The SMILES string of the molecule is CCO[C@@H]1CC[C@@H](O/N=C(/C(=O)Nc2ncc(COC)s2)c2ccc(S(=O)(=O)C3CC3)cc2)C1. The van der Waals surface area contributed by atoms with Gasteiger partial charge in [-0.3, -0.25) is 10.1 Å². The lowest BCUT2D eigenvalue weighted by atomic mass is 10.1. The van der Waals surface area contributed by atoms with Gasteiger partial charge in [-0.05, 0) is 44.7 Å². The van der Waals surface area contributed by atoms with Gasteiger partial charge in [0.25, 0.3) is 5.91 Å². The van der Waals surface area contributed by atoms with Gasteiger partial charge in [-0.15, -0.1) is 0 Å². The second kappa shape index (κ2) is 10.9. The number of rotatable bonds is 11. The van der Waals surface area contributed by atoms with E-state index in [1.165, 1.54) is 23.5 Å². The van der Waals surface area contributed by atoms with E-state index in [9.17, 15) is 13.2 Å². The van der Waals surface area contributed by atoms with Crippen molar-refractivity contribution in [3.05, 3.63) is 40.9 Å². The van der Waals surface area contributed by atoms with Crippen LogP contribution in [-0.2, 0) is 35.5 Å². The Morgan fingerprint density at radius 3 is 2.59 bits per heavy atom. The minimum absolute atomic E-state index is 0.0544. The fourth-order valence-corrected chi connectivity index (χ4v) is 6.28. The molecule has 2 aliphatic rings. The molecule has 9 nitrogen and oxygen atoms in total. The molecule has 184 valence electrons. The zero-order valence-electron chi connectivity index (χ0n) is 19.2. The zero-order chi connectivity index (χ0) is 24.1. The van der Waals surface area contributed by atoms with Gasteiger partial charge in [0.15, 0.2) is 20.7 Å². The standard InChI is InChI=1S/C23H29N3O6S2/c1-3-31-16-6-7-17(12-16)32-26-21(22(27)25-23-24-13-18(33-23)14-30-2)15-4-8-19(9-5-15)34(28,29)20-10-11-20/h4-5,8-9,13,16-17,20H,3,6-7,10-12,14H2,1-2H3,(H,24,25,27)/b26-21+/t16-,17-/m1/s1. The summed E-state index contributed by atoms with van der Waals surface area (Å²) in [5, 5.41) is 7.07. The normalized spacial score (nSPS) is 20.9. The Labute approximate surface area is 203 Å². The summed E-state index contributed by atoms with van der Waals surface area (Å²) in [4.78, 5) is 24.2. The molecule has 2 fully saturated rings. The van der Waals surface area contributed by atoms with E-state index in [4.69, 9.17) is 14.3 Å². The molecule has 11 heteroatoms. The Morgan fingerprint density at radius 1 is 1.18 bits per heavy atom. The Kier molecular flexibility index (Phi) is 7.97. The first-order chi connectivity index (χ1) is 16.4. The summed E-state index contributed by atoms with van der Waals surface area (Å²) in [6.45, 7) is 3.00. The molecule has 34 heavy (non-hydrogen) atoms. The minimum Gasteiger partial charge on any atom is -0.392 e. The van der Waals surface area contributed by atoms with Gasteiger partial charge >= 0.3 is 0 Å². The summed E-state index contributed by atoms with van der Waals surface area (Å²) >= 11 is 1.30. The second-order valence-electron chi connectivity index (χ2n) is 8.35. The van der Waals surface area contributed by atoms with E-state index >= 15 is 0 Å². The van der Waals surface area contributed by atoms with E-state index in [0.29, 0.717) is 43.2 Å². The Hall–Kier alpha value is -2.34. The number of oxime groups is 1. The molecule has 0 aliphatic heterocycles. The third-order valence-electron chi connectivity index (χ3n) is 5.73. The van der Waals surface area contributed by atoms with Gasteiger partial charge in [0.05, 0.1) is 27.7 Å². The predicted octanol–water partition coefficient (Wildman–Crippen LogP) is 3.54. The van der Waals surface area contributed by atoms with Crippen molar-refractivity contribution in [1.82, 2.24) is 4.98 Å². The van der Waals surface area contributed by atoms with E-state index in [1.807, 2.05) is 6.92 Å². The highest BCUT2D eigenvalue weighted by Crippen LogP contribution is 2.33. The first-order valence-corrected chi connectivity index (χ1v) is 13.7. The lowest BCUT2D eigenvalue weighted by Crippen LogP contribution is -2.25. The van der Waals surface area contributed by atoms with Crippen molar-refractivity contribution in [3.63, 3.8) is 0 Å². The number of carbonyl (C=O) groups excluding carboxylic acids is 1. The first-order valence-electron chi connectivity index (χ1n) is 11.4. The van der Waals surface area contributed by atoms with E-state index in [1.54, 1.807) is 25.4 Å². The molecule has 0 unspecified atom stereocenters. The number of carbonyl (C=O) groups is 1. The summed E-state index contributed by atoms with van der Waals surface area (Å²) in [6, 6.07) is 6.22. The number of anilines is 1. The Balaban J connectivity index is 1.53. The number of thiazole rings is 1. The molecule has 2 aromatic rings. The van der Waals surface area contributed by atoms with Crippen LogP contribution < -0.4 is 5.32 Å². The van der Waals surface area contributed by atoms with E-state index in [0.717, 1.165) is 17.7 Å². The average molecular weight is 508 g/mol. The van der Waals surface area contributed by atoms with Crippen LogP contribution in [-0.4, -0.2) is 56.2 Å². The molecule has 2 aliphatic carbocycles. The number of aromatic nitrogens is 1. The van der Waals surface area contributed by atoms with E-state index < -0.39 is 15.7 Å². The van der Waals surface area contributed by atoms with Crippen LogP contribution in [0.5, 0.6) is 0 Å². The van der Waals surface area contributed by atoms with Gasteiger partial charge < -0.3 is 14.3 Å². The van der Waals surface area contributed by atoms with Crippen molar-refractivity contribution in [3.8, 4) is 0 Å². The smallest absolute Gasteiger partial charge is 0.280 e. The van der Waals surface area contributed by atoms with Crippen LogP contribution in [0.25, 0.3) is 0 Å². The van der Waals surface area contributed by atoms with Crippen molar-refractivity contribution in [2.24, 2.45) is 5.16 Å². The molecule has 1 aromatic carbocycles. The van der Waals surface area contributed by atoms with Gasteiger partial charge in [0, 0.05) is 31.9 Å². The molecule has 1 amide bonds. The topological polar surface area (TPSA) is 116 Å². The maximum absolute atomic E-state index is 13.1. The van der Waals surface area contributed by atoms with Crippen LogP contribution in [0.1, 0.15) is 49.5 Å². The molecule has 0 spiro atoms. The molecule has 0 radical (unpaired) electrons. The molecule has 2 atom stereocenters. The summed E-state index contributed by atoms with van der Waals surface area (Å²) < 4.78 is 35.8. The summed E-state index contributed by atoms with van der Waals surface area (Å²) in [5.74, 6) is -0.490. The number of benzene rings is 1. The number of sulfone groups is 1. The number of methoxy groups -OCH3 is 1. The van der Waals surface area contributed by atoms with Crippen molar-refractivity contribution in [2.75, 3.05) is 19.0 Å². The van der Waals surface area contributed by atoms with Gasteiger partial charge in [0.1, 0.15) is 6.10 Å². The summed E-state index contributed by atoms with van der Waals surface area (Å²) in [5.41, 5.74) is 0.513. The average Bonchev–Trinajstić information content (AvgIpc) is 3.46. The largest absolute Gasteiger partial charge is 0.392 e. The van der Waals surface area contributed by atoms with Crippen LogP contribution in [0, 0.1) is 0 Å². The number of hydrogen-bond acceptors (Lipinski definition) is 9. The van der Waals surface area contributed by atoms with Crippen LogP contribution in [0.3, 0.4) is 0 Å². The summed E-state index contributed by atoms with van der Waals surface area (Å²) in [7, 11) is -1.73. The van der Waals surface area contributed by atoms with Crippen LogP contribution in [0.4, 0.5) is 5.13 Å². The first kappa shape index (κ1) is 24.8. The van der Waals surface area contributed by atoms with Crippen molar-refractivity contribution < 1.29 is 27.5 Å². The predicted molar refractivity (Wildman–Crippen MR) is 129 cm³/mol. The quantitative estimate of drug-likeness (QED) is 0.365. The van der Waals surface area contributed by atoms with Gasteiger partial charge in [-0.2, -0.15) is 0 Å². The second-order valence-corrected chi connectivity index (χ2v) is 11.7. The fourth-order valence-electron chi connectivity index (χ4n) is 3.84. The fraction of sp³-hybridized carbons (Fsp3) is 0.522. The maximum atomic E-state index is 13.1. The number of amides is 1. The molecule has 4 rings (SSSR count). The molecular weight excluding hydrogens is 478 g/mol. The highest BCUT2D eigenvalue weighted by molar-refractivity contribution is 7.92. The van der Waals surface area contributed by atoms with E-state index in [2.05, 4.69) is 15.5 Å². The minimum atomic E-state index is -3.32. The molecule has 0 bridgehead atoms. The number of nitrogens with one attached hydrogen (secondary N) is 1. The zero-order valence-corrected chi connectivity index (χ0v) is 20.9. The number of hydrogen-bond donors (Lipinski definition) is 1. The number of nitrogens with zero attached hydrogens (tertiary/aromatic N) is 2. The summed E-state index contributed by atoms with van der Waals surface area (Å²) in [6.07, 6.45) is 5.37. The highest BCUT2D eigenvalue weighted by atomic mass is 32.2. The van der Waals surface area contributed by atoms with Gasteiger partial charge in [0.2, 0.25) is 0 Å². The van der Waals surface area contributed by atoms with Gasteiger partial charge in [-0.25, -0.2) is 13.4 Å². The molecular formula is C23H29N3O6S2. The van der Waals surface area contributed by atoms with E-state index in [-0.39, 0.29) is 28.1 Å². The Bertz CT molecular complexity index is 1130. The lowest BCUT2D eigenvalue weighted by molar-refractivity contribution is -0.110. The van der Waals surface area contributed by atoms with Crippen molar-refractivity contribution in [1.29, 1.82) is 0 Å². The third-order valence-corrected chi connectivity index (χ3v) is 8.89. The molecule has 1 heterocycles. The molecule has 0 saturated heterocycles.